The van der Waals surface area contributed by atoms with Gasteiger partial charge in [0.2, 0.25) is 0 Å². The SMILES string of the molecule is COc1cc(C(=O)NCCNC(=O)c2ccccc2Cl)ccc1OC(F)F. The Labute approximate surface area is 159 Å². The molecule has 0 heterocycles. The summed E-state index contributed by atoms with van der Waals surface area (Å²) in [4.78, 5) is 24.1. The van der Waals surface area contributed by atoms with Crippen LogP contribution in [0.25, 0.3) is 0 Å². The maximum absolute atomic E-state index is 12.3. The van der Waals surface area contributed by atoms with Crippen molar-refractivity contribution in [3.05, 3.63) is 58.6 Å². The number of alkyl halides is 2. The van der Waals surface area contributed by atoms with Gasteiger partial charge in [-0.15, -0.1) is 0 Å². The quantitative estimate of drug-likeness (QED) is 0.670. The Morgan fingerprint density at radius 2 is 1.70 bits per heavy atom. The Morgan fingerprint density at radius 1 is 1.04 bits per heavy atom. The van der Waals surface area contributed by atoms with E-state index in [1.165, 1.54) is 25.3 Å². The van der Waals surface area contributed by atoms with E-state index in [0.717, 1.165) is 0 Å². The van der Waals surface area contributed by atoms with Crippen LogP contribution in [0.3, 0.4) is 0 Å². The van der Waals surface area contributed by atoms with Gasteiger partial charge in [-0.25, -0.2) is 0 Å². The molecule has 0 radical (unpaired) electrons. The molecule has 0 saturated carbocycles. The number of nitrogens with one attached hydrogen (secondary N) is 2. The number of amides is 2. The van der Waals surface area contributed by atoms with Crippen LogP contribution in [-0.4, -0.2) is 38.6 Å². The van der Waals surface area contributed by atoms with Gasteiger partial charge in [-0.3, -0.25) is 9.59 Å². The van der Waals surface area contributed by atoms with Crippen molar-refractivity contribution in [1.29, 1.82) is 0 Å². The van der Waals surface area contributed by atoms with Crippen LogP contribution in [-0.2, 0) is 0 Å². The van der Waals surface area contributed by atoms with Gasteiger partial charge in [0.15, 0.2) is 11.5 Å². The molecule has 2 aromatic carbocycles. The van der Waals surface area contributed by atoms with Crippen LogP contribution >= 0.6 is 11.6 Å². The molecule has 2 rings (SSSR count). The van der Waals surface area contributed by atoms with Crippen LogP contribution in [0.5, 0.6) is 11.5 Å². The smallest absolute Gasteiger partial charge is 0.387 e. The molecule has 0 aromatic heterocycles. The minimum atomic E-state index is -3.00. The lowest BCUT2D eigenvalue weighted by atomic mass is 10.2. The highest BCUT2D eigenvalue weighted by Crippen LogP contribution is 2.29. The van der Waals surface area contributed by atoms with Gasteiger partial charge in [0.25, 0.3) is 11.8 Å². The van der Waals surface area contributed by atoms with Gasteiger partial charge in [0.1, 0.15) is 0 Å². The molecule has 0 aliphatic carbocycles. The minimum Gasteiger partial charge on any atom is -0.493 e. The molecule has 2 aromatic rings. The molecule has 0 aliphatic heterocycles. The first-order chi connectivity index (χ1) is 12.9. The molecule has 2 amide bonds. The van der Waals surface area contributed by atoms with Crippen molar-refractivity contribution in [3.63, 3.8) is 0 Å². The van der Waals surface area contributed by atoms with E-state index in [1.54, 1.807) is 24.3 Å². The molecule has 0 aliphatic rings. The first kappa shape index (κ1) is 20.4. The zero-order chi connectivity index (χ0) is 19.8. The molecule has 144 valence electrons. The van der Waals surface area contributed by atoms with Crippen molar-refractivity contribution in [1.82, 2.24) is 10.6 Å². The van der Waals surface area contributed by atoms with Crippen LogP contribution in [0.15, 0.2) is 42.5 Å². The molecule has 0 unspecified atom stereocenters. The number of methoxy groups -OCH3 is 1. The number of hydrogen-bond acceptors (Lipinski definition) is 4. The highest BCUT2D eigenvalue weighted by molar-refractivity contribution is 6.33. The number of halogens is 3. The Balaban J connectivity index is 1.87. The zero-order valence-corrected chi connectivity index (χ0v) is 15.1. The zero-order valence-electron chi connectivity index (χ0n) is 14.3. The van der Waals surface area contributed by atoms with Gasteiger partial charge in [-0.1, -0.05) is 23.7 Å². The van der Waals surface area contributed by atoms with E-state index in [1.807, 2.05) is 0 Å². The van der Waals surface area contributed by atoms with E-state index in [-0.39, 0.29) is 36.1 Å². The average molecular weight is 399 g/mol. The first-order valence-corrected chi connectivity index (χ1v) is 8.24. The average Bonchev–Trinajstić information content (AvgIpc) is 2.65. The van der Waals surface area contributed by atoms with Crippen molar-refractivity contribution in [2.75, 3.05) is 20.2 Å². The Bertz CT molecular complexity index is 818. The fraction of sp³-hybridized carbons (Fsp3) is 0.222. The molecule has 2 N–H and O–H groups in total. The van der Waals surface area contributed by atoms with Gasteiger partial charge < -0.3 is 20.1 Å². The van der Waals surface area contributed by atoms with Crippen LogP contribution in [0, 0.1) is 0 Å². The maximum atomic E-state index is 12.3. The van der Waals surface area contributed by atoms with Gasteiger partial charge >= 0.3 is 6.61 Å². The molecule has 0 bridgehead atoms. The fourth-order valence-electron chi connectivity index (χ4n) is 2.20. The number of rotatable bonds is 8. The molecule has 0 spiro atoms. The lowest BCUT2D eigenvalue weighted by Gasteiger charge is -2.12. The Hall–Kier alpha value is -2.87. The highest BCUT2D eigenvalue weighted by atomic mass is 35.5. The summed E-state index contributed by atoms with van der Waals surface area (Å²) < 4.78 is 33.9. The van der Waals surface area contributed by atoms with Crippen molar-refractivity contribution in [3.8, 4) is 11.5 Å². The summed E-state index contributed by atoms with van der Waals surface area (Å²) in [6.07, 6.45) is 0. The third-order valence-electron chi connectivity index (χ3n) is 3.46. The van der Waals surface area contributed by atoms with Crippen molar-refractivity contribution in [2.45, 2.75) is 6.61 Å². The van der Waals surface area contributed by atoms with Gasteiger partial charge in [-0.05, 0) is 30.3 Å². The predicted octanol–water partition coefficient (Wildman–Crippen LogP) is 3.11. The van der Waals surface area contributed by atoms with Gasteiger partial charge in [0.05, 0.1) is 17.7 Å². The van der Waals surface area contributed by atoms with Crippen molar-refractivity contribution in [2.24, 2.45) is 0 Å². The largest absolute Gasteiger partial charge is 0.493 e. The number of hydrogen-bond donors (Lipinski definition) is 2. The number of ether oxygens (including phenoxy) is 2. The van der Waals surface area contributed by atoms with E-state index in [4.69, 9.17) is 16.3 Å². The fourth-order valence-corrected chi connectivity index (χ4v) is 2.42. The lowest BCUT2D eigenvalue weighted by molar-refractivity contribution is -0.0512. The second-order valence-electron chi connectivity index (χ2n) is 5.24. The Kier molecular flexibility index (Phi) is 7.36. The van der Waals surface area contributed by atoms with Gasteiger partial charge in [0, 0.05) is 18.7 Å². The summed E-state index contributed by atoms with van der Waals surface area (Å²) in [5.74, 6) is -0.972. The lowest BCUT2D eigenvalue weighted by Crippen LogP contribution is -2.34. The van der Waals surface area contributed by atoms with Gasteiger partial charge in [-0.2, -0.15) is 8.78 Å². The Morgan fingerprint density at radius 3 is 2.33 bits per heavy atom. The molecule has 0 fully saturated rings. The number of carbonyl (C=O) groups excluding carboxylic acids is 2. The second kappa shape index (κ2) is 9.72. The van der Waals surface area contributed by atoms with Crippen molar-refractivity contribution >= 4 is 23.4 Å². The van der Waals surface area contributed by atoms with E-state index in [2.05, 4.69) is 15.4 Å². The van der Waals surface area contributed by atoms with E-state index in [9.17, 15) is 18.4 Å². The molecule has 0 atom stereocenters. The summed E-state index contributed by atoms with van der Waals surface area (Å²) >= 11 is 5.94. The first-order valence-electron chi connectivity index (χ1n) is 7.86. The standard InChI is InChI=1S/C18H17ClF2N2O4/c1-26-15-10-11(6-7-14(15)27-18(20)21)16(24)22-8-9-23-17(25)12-4-2-3-5-13(12)19/h2-7,10,18H,8-9H2,1H3,(H,22,24)(H,23,25). The number of benzene rings is 2. The third-order valence-corrected chi connectivity index (χ3v) is 3.79. The second-order valence-corrected chi connectivity index (χ2v) is 5.64. The molecule has 9 heteroatoms. The number of carbonyl (C=O) groups is 2. The summed E-state index contributed by atoms with van der Waals surface area (Å²) in [7, 11) is 1.28. The normalized spacial score (nSPS) is 10.4. The van der Waals surface area contributed by atoms with Crippen LogP contribution < -0.4 is 20.1 Å². The van der Waals surface area contributed by atoms with Crippen LogP contribution in [0.4, 0.5) is 8.78 Å². The summed E-state index contributed by atoms with van der Waals surface area (Å²) in [6, 6.07) is 10.4. The summed E-state index contributed by atoms with van der Waals surface area (Å²) in [5, 5.41) is 5.57. The predicted molar refractivity (Wildman–Crippen MR) is 95.7 cm³/mol. The van der Waals surface area contributed by atoms with E-state index < -0.39 is 12.5 Å². The van der Waals surface area contributed by atoms with E-state index in [0.29, 0.717) is 10.6 Å². The van der Waals surface area contributed by atoms with E-state index >= 15 is 0 Å². The molecule has 27 heavy (non-hydrogen) atoms. The van der Waals surface area contributed by atoms with Crippen LogP contribution in [0.1, 0.15) is 20.7 Å². The molecule has 6 nitrogen and oxygen atoms in total. The minimum absolute atomic E-state index is 0.00923. The van der Waals surface area contributed by atoms with Crippen molar-refractivity contribution < 1.29 is 27.8 Å². The molecule has 0 saturated heterocycles. The summed E-state index contributed by atoms with van der Waals surface area (Å²) in [5.41, 5.74) is 0.538. The molecular formula is C18H17ClF2N2O4. The molecular weight excluding hydrogens is 382 g/mol. The third kappa shape index (κ3) is 5.82. The monoisotopic (exact) mass is 398 g/mol. The topological polar surface area (TPSA) is 76.7 Å². The highest BCUT2D eigenvalue weighted by Gasteiger charge is 2.14. The summed E-state index contributed by atoms with van der Waals surface area (Å²) in [6.45, 7) is -2.66. The maximum Gasteiger partial charge on any atom is 0.387 e. The van der Waals surface area contributed by atoms with Crippen LogP contribution in [0.2, 0.25) is 5.02 Å².